The van der Waals surface area contributed by atoms with Crippen molar-refractivity contribution < 1.29 is 22.7 Å². The summed E-state index contributed by atoms with van der Waals surface area (Å²) in [6, 6.07) is 6.84. The summed E-state index contributed by atoms with van der Waals surface area (Å²) in [4.78, 5) is 11.6. The van der Waals surface area contributed by atoms with Crippen molar-refractivity contribution in [1.82, 2.24) is 14.5 Å². The van der Waals surface area contributed by atoms with Crippen molar-refractivity contribution in [3.63, 3.8) is 0 Å². The van der Waals surface area contributed by atoms with Gasteiger partial charge in [-0.15, -0.1) is 5.10 Å². The Balaban J connectivity index is 2.16. The molecule has 0 saturated carbocycles. The van der Waals surface area contributed by atoms with Gasteiger partial charge in [0.15, 0.2) is 0 Å². The minimum atomic E-state index is -3.89. The van der Waals surface area contributed by atoms with Gasteiger partial charge in [-0.25, -0.2) is 17.9 Å². The minimum Gasteiger partial charge on any atom is -0.477 e. The molecule has 0 spiro atoms. The minimum absolute atomic E-state index is 0.111. The van der Waals surface area contributed by atoms with Gasteiger partial charge < -0.3 is 9.47 Å². The Morgan fingerprint density at radius 2 is 2.00 bits per heavy atom. The highest BCUT2D eigenvalue weighted by Gasteiger charge is 2.19. The van der Waals surface area contributed by atoms with Crippen molar-refractivity contribution in [3.05, 3.63) is 45.6 Å². The summed E-state index contributed by atoms with van der Waals surface area (Å²) in [5.41, 5.74) is 1.40. The molecule has 1 N–H and O–H groups in total. The fourth-order valence-corrected chi connectivity index (χ4v) is 3.98. The van der Waals surface area contributed by atoms with Gasteiger partial charge in [0.2, 0.25) is 15.9 Å². The highest BCUT2D eigenvalue weighted by Crippen LogP contribution is 2.23. The SMILES string of the molecule is CCCCOc1cc(CCS(=O)(=O)NC(=O)OC(C)C)n(Cc2ccc(Cl)cc2Cl)n1. The molecule has 2 aromatic rings. The number of sulfonamides is 1. The molecule has 0 fully saturated rings. The summed E-state index contributed by atoms with van der Waals surface area (Å²) in [7, 11) is -3.89. The van der Waals surface area contributed by atoms with Crippen LogP contribution in [-0.4, -0.2) is 42.8 Å². The predicted molar refractivity (Wildman–Crippen MR) is 120 cm³/mol. The molecule has 0 atom stereocenters. The highest BCUT2D eigenvalue weighted by molar-refractivity contribution is 7.90. The molecule has 1 aromatic heterocycles. The molecule has 0 aliphatic rings. The number of rotatable bonds is 11. The third kappa shape index (κ3) is 8.59. The number of amides is 1. The van der Waals surface area contributed by atoms with E-state index in [-0.39, 0.29) is 12.2 Å². The Kier molecular flexibility index (Phi) is 9.46. The summed E-state index contributed by atoms with van der Waals surface area (Å²) in [6.07, 6.45) is 0.537. The van der Waals surface area contributed by atoms with E-state index >= 15 is 0 Å². The number of nitrogens with one attached hydrogen (secondary N) is 1. The first-order valence-electron chi connectivity index (χ1n) is 9.94. The molecule has 8 nitrogen and oxygen atoms in total. The van der Waals surface area contributed by atoms with Gasteiger partial charge in [0.1, 0.15) is 0 Å². The molecule has 1 heterocycles. The Morgan fingerprint density at radius 1 is 1.26 bits per heavy atom. The molecule has 0 radical (unpaired) electrons. The normalized spacial score (nSPS) is 11.5. The number of hydrogen-bond acceptors (Lipinski definition) is 6. The zero-order valence-electron chi connectivity index (χ0n) is 17.7. The second-order valence-electron chi connectivity index (χ2n) is 7.19. The fraction of sp³-hybridized carbons (Fsp3) is 0.500. The topological polar surface area (TPSA) is 99.5 Å². The van der Waals surface area contributed by atoms with Crippen LogP contribution in [0.25, 0.3) is 0 Å². The predicted octanol–water partition coefficient (Wildman–Crippen LogP) is 4.42. The van der Waals surface area contributed by atoms with Crippen LogP contribution in [0.15, 0.2) is 24.3 Å². The van der Waals surface area contributed by atoms with Gasteiger partial charge in [-0.05, 0) is 38.0 Å². The maximum absolute atomic E-state index is 12.3. The smallest absolute Gasteiger partial charge is 0.421 e. The fourth-order valence-electron chi connectivity index (χ4n) is 2.63. The number of hydrogen-bond donors (Lipinski definition) is 1. The molecule has 172 valence electrons. The highest BCUT2D eigenvalue weighted by atomic mass is 35.5. The molecule has 0 saturated heterocycles. The first kappa shape index (κ1) is 25.3. The number of carbonyl (C=O) groups is 1. The molecule has 2 rings (SSSR count). The van der Waals surface area contributed by atoms with Crippen LogP contribution in [-0.2, 0) is 27.7 Å². The second kappa shape index (κ2) is 11.6. The zero-order chi connectivity index (χ0) is 23.0. The maximum Gasteiger partial charge on any atom is 0.421 e. The van der Waals surface area contributed by atoms with Gasteiger partial charge in [-0.1, -0.05) is 42.6 Å². The molecule has 31 heavy (non-hydrogen) atoms. The van der Waals surface area contributed by atoms with E-state index in [1.54, 1.807) is 42.8 Å². The van der Waals surface area contributed by atoms with Crippen LogP contribution >= 0.6 is 23.2 Å². The Morgan fingerprint density at radius 3 is 2.65 bits per heavy atom. The quantitative estimate of drug-likeness (QED) is 0.466. The van der Waals surface area contributed by atoms with E-state index in [1.807, 2.05) is 4.72 Å². The number of nitrogens with zero attached hydrogens (tertiary/aromatic N) is 2. The lowest BCUT2D eigenvalue weighted by atomic mass is 10.2. The first-order chi connectivity index (χ1) is 14.6. The standard InChI is InChI=1S/C20H27Cl2N3O5S/c1-4-5-9-29-19-12-17(8-10-31(27,28)24-20(26)30-14(2)3)25(23-19)13-15-6-7-16(21)11-18(15)22/h6-7,11-12,14H,4-5,8-10,13H2,1-3H3,(H,24,26). The number of carbonyl (C=O) groups excluding carboxylic acids is 1. The summed E-state index contributed by atoms with van der Waals surface area (Å²) in [6.45, 7) is 6.14. The lowest BCUT2D eigenvalue weighted by Crippen LogP contribution is -2.35. The van der Waals surface area contributed by atoms with E-state index in [2.05, 4.69) is 12.0 Å². The van der Waals surface area contributed by atoms with E-state index in [4.69, 9.17) is 32.7 Å². The summed E-state index contributed by atoms with van der Waals surface area (Å²) >= 11 is 12.2. The van der Waals surface area contributed by atoms with Gasteiger partial charge in [0.05, 0.1) is 25.0 Å². The number of aromatic nitrogens is 2. The van der Waals surface area contributed by atoms with Crippen molar-refractivity contribution in [1.29, 1.82) is 0 Å². The lowest BCUT2D eigenvalue weighted by molar-refractivity contribution is 0.121. The summed E-state index contributed by atoms with van der Waals surface area (Å²) in [5.74, 6) is 0.0763. The molecular formula is C20H27Cl2N3O5S. The first-order valence-corrected chi connectivity index (χ1v) is 12.3. The lowest BCUT2D eigenvalue weighted by Gasteiger charge is -2.11. The Labute approximate surface area is 192 Å². The molecular weight excluding hydrogens is 465 g/mol. The van der Waals surface area contributed by atoms with E-state index in [9.17, 15) is 13.2 Å². The van der Waals surface area contributed by atoms with E-state index < -0.39 is 22.2 Å². The van der Waals surface area contributed by atoms with Gasteiger partial charge in [-0.2, -0.15) is 0 Å². The van der Waals surface area contributed by atoms with Crippen molar-refractivity contribution in [2.45, 2.75) is 52.7 Å². The third-order valence-electron chi connectivity index (χ3n) is 4.13. The van der Waals surface area contributed by atoms with E-state index in [1.165, 1.54) is 0 Å². The monoisotopic (exact) mass is 491 g/mol. The van der Waals surface area contributed by atoms with Crippen LogP contribution in [0.4, 0.5) is 4.79 Å². The summed E-state index contributed by atoms with van der Waals surface area (Å²) < 4.78 is 38.6. The summed E-state index contributed by atoms with van der Waals surface area (Å²) in [5, 5.41) is 5.43. The molecule has 1 aromatic carbocycles. The maximum atomic E-state index is 12.3. The van der Waals surface area contributed by atoms with E-state index in [0.29, 0.717) is 34.8 Å². The van der Waals surface area contributed by atoms with Crippen LogP contribution in [0.5, 0.6) is 5.88 Å². The molecule has 0 unspecified atom stereocenters. The van der Waals surface area contributed by atoms with Gasteiger partial charge in [0, 0.05) is 28.2 Å². The van der Waals surface area contributed by atoms with Crippen molar-refractivity contribution in [3.8, 4) is 5.88 Å². The van der Waals surface area contributed by atoms with Crippen LogP contribution in [0.2, 0.25) is 10.0 Å². The average molecular weight is 492 g/mol. The molecule has 0 aliphatic carbocycles. The largest absolute Gasteiger partial charge is 0.477 e. The van der Waals surface area contributed by atoms with Gasteiger partial charge in [-0.3, -0.25) is 4.68 Å². The zero-order valence-corrected chi connectivity index (χ0v) is 20.1. The number of halogens is 2. The van der Waals surface area contributed by atoms with Crippen molar-refractivity contribution in [2.75, 3.05) is 12.4 Å². The number of ether oxygens (including phenoxy) is 2. The van der Waals surface area contributed by atoms with Crippen molar-refractivity contribution in [2.24, 2.45) is 0 Å². The van der Waals surface area contributed by atoms with Crippen LogP contribution < -0.4 is 9.46 Å². The molecule has 1 amide bonds. The molecule has 11 heteroatoms. The van der Waals surface area contributed by atoms with Crippen molar-refractivity contribution >= 4 is 39.3 Å². The van der Waals surface area contributed by atoms with Gasteiger partial charge >= 0.3 is 6.09 Å². The second-order valence-corrected chi connectivity index (χ2v) is 9.88. The van der Waals surface area contributed by atoms with Crippen LogP contribution in [0.1, 0.15) is 44.9 Å². The average Bonchev–Trinajstić information content (AvgIpc) is 3.03. The Hall–Kier alpha value is -1.97. The molecule has 0 aliphatic heterocycles. The number of aryl methyl sites for hydroxylation is 1. The van der Waals surface area contributed by atoms with Crippen LogP contribution in [0, 0.1) is 0 Å². The van der Waals surface area contributed by atoms with Crippen LogP contribution in [0.3, 0.4) is 0 Å². The third-order valence-corrected chi connectivity index (χ3v) is 5.94. The van der Waals surface area contributed by atoms with E-state index in [0.717, 1.165) is 18.4 Å². The number of benzene rings is 1. The Bertz CT molecular complexity index is 993. The molecule has 0 bridgehead atoms. The number of unbranched alkanes of at least 4 members (excludes halogenated alkanes) is 1. The van der Waals surface area contributed by atoms with Gasteiger partial charge in [0.25, 0.3) is 0 Å².